The minimum absolute atomic E-state index is 0.0904. The van der Waals surface area contributed by atoms with E-state index in [0.717, 1.165) is 0 Å². The number of carboxylic acids is 2. The highest BCUT2D eigenvalue weighted by Gasteiger charge is 2.27. The number of ketones is 2. The van der Waals surface area contributed by atoms with Gasteiger partial charge in [-0.1, -0.05) is 48.5 Å². The van der Waals surface area contributed by atoms with Crippen LogP contribution in [0.2, 0.25) is 0 Å². The molecule has 0 fully saturated rings. The number of hydrogen-bond donors (Lipinski definition) is 5. The molecule has 0 saturated carbocycles. The quantitative estimate of drug-likeness (QED) is 0.207. The summed E-state index contributed by atoms with van der Waals surface area (Å²) in [4.78, 5) is 59.5. The number of rotatable bonds is 13. The SMILES string of the molecule is NC(Cc1ccccc1C(=O)CC(NC=O)C(=O)c1ccccc1CC(N)C(=O)O)C(=O)O. The molecule has 33 heavy (non-hydrogen) atoms. The van der Waals surface area contributed by atoms with E-state index in [-0.39, 0.29) is 24.0 Å². The average molecular weight is 455 g/mol. The zero-order chi connectivity index (χ0) is 24.5. The molecule has 10 heteroatoms. The predicted molar refractivity (Wildman–Crippen MR) is 118 cm³/mol. The zero-order valence-electron chi connectivity index (χ0n) is 17.6. The van der Waals surface area contributed by atoms with E-state index in [4.69, 9.17) is 21.7 Å². The Bertz CT molecular complexity index is 1050. The van der Waals surface area contributed by atoms with Gasteiger partial charge in [0.05, 0.1) is 6.04 Å². The van der Waals surface area contributed by atoms with E-state index in [1.54, 1.807) is 36.4 Å². The lowest BCUT2D eigenvalue weighted by Gasteiger charge is -2.18. The van der Waals surface area contributed by atoms with Crippen LogP contribution in [0.15, 0.2) is 48.5 Å². The van der Waals surface area contributed by atoms with Crippen molar-refractivity contribution < 1.29 is 34.2 Å². The molecule has 10 nitrogen and oxygen atoms in total. The van der Waals surface area contributed by atoms with Crippen molar-refractivity contribution in [2.45, 2.75) is 37.4 Å². The molecular weight excluding hydrogens is 430 g/mol. The molecule has 174 valence electrons. The van der Waals surface area contributed by atoms with E-state index >= 15 is 0 Å². The molecule has 2 rings (SSSR count). The van der Waals surface area contributed by atoms with Crippen molar-refractivity contribution in [2.24, 2.45) is 11.5 Å². The first-order chi connectivity index (χ1) is 15.6. The van der Waals surface area contributed by atoms with Crippen LogP contribution in [-0.4, -0.2) is 58.3 Å². The van der Waals surface area contributed by atoms with Crippen molar-refractivity contribution in [1.82, 2.24) is 5.32 Å². The average Bonchev–Trinajstić information content (AvgIpc) is 2.78. The fourth-order valence-corrected chi connectivity index (χ4v) is 3.35. The topological polar surface area (TPSA) is 190 Å². The van der Waals surface area contributed by atoms with Crippen LogP contribution in [0.5, 0.6) is 0 Å². The number of Topliss-reactive ketones (excluding diaryl/α,β-unsaturated/α-hetero) is 2. The highest BCUT2D eigenvalue weighted by Crippen LogP contribution is 2.18. The summed E-state index contributed by atoms with van der Waals surface area (Å²) in [6.07, 6.45) is -0.300. The molecule has 0 aromatic heterocycles. The molecule has 0 aliphatic carbocycles. The van der Waals surface area contributed by atoms with Gasteiger partial charge in [0.1, 0.15) is 12.1 Å². The van der Waals surface area contributed by atoms with Gasteiger partial charge in [-0.25, -0.2) is 0 Å². The Balaban J connectivity index is 2.30. The number of carboxylic acid groups (broad SMARTS) is 2. The van der Waals surface area contributed by atoms with Crippen molar-refractivity contribution in [3.05, 3.63) is 70.8 Å². The van der Waals surface area contributed by atoms with Crippen molar-refractivity contribution in [3.63, 3.8) is 0 Å². The number of hydrogen-bond acceptors (Lipinski definition) is 7. The largest absolute Gasteiger partial charge is 0.480 e. The van der Waals surface area contributed by atoms with Crippen molar-refractivity contribution in [1.29, 1.82) is 0 Å². The second-order valence-corrected chi connectivity index (χ2v) is 7.44. The Morgan fingerprint density at radius 3 is 1.76 bits per heavy atom. The first kappa shape index (κ1) is 25.4. The summed E-state index contributed by atoms with van der Waals surface area (Å²) in [5.41, 5.74) is 12.3. The molecule has 0 radical (unpaired) electrons. The van der Waals surface area contributed by atoms with Crippen molar-refractivity contribution in [3.8, 4) is 0 Å². The Labute approximate surface area is 189 Å². The maximum absolute atomic E-state index is 13.2. The third kappa shape index (κ3) is 6.79. The van der Waals surface area contributed by atoms with Gasteiger partial charge in [-0.2, -0.15) is 0 Å². The van der Waals surface area contributed by atoms with Crippen molar-refractivity contribution >= 4 is 29.9 Å². The standard InChI is InChI=1S/C23H25N3O7/c24-17(22(30)31)9-13-5-1-3-7-15(13)20(28)11-19(26-12-27)21(29)16-8-4-2-6-14(16)10-18(25)23(32)33/h1-8,12,17-19H,9-11,24-25H2,(H,26,27)(H,30,31)(H,32,33). The highest BCUT2D eigenvalue weighted by molar-refractivity contribution is 6.07. The van der Waals surface area contributed by atoms with Crippen LogP contribution >= 0.6 is 0 Å². The van der Waals surface area contributed by atoms with Crippen LogP contribution in [-0.2, 0) is 27.2 Å². The van der Waals surface area contributed by atoms with E-state index in [1.165, 1.54) is 12.1 Å². The third-order valence-corrected chi connectivity index (χ3v) is 5.09. The molecule has 3 atom stereocenters. The molecule has 2 aromatic rings. The fourth-order valence-electron chi connectivity index (χ4n) is 3.35. The maximum Gasteiger partial charge on any atom is 0.320 e. The van der Waals surface area contributed by atoms with Gasteiger partial charge in [0.15, 0.2) is 11.6 Å². The lowest BCUT2D eigenvalue weighted by molar-refractivity contribution is -0.139. The number of carbonyl (C=O) groups excluding carboxylic acids is 3. The summed E-state index contributed by atoms with van der Waals surface area (Å²) in [6.45, 7) is 0. The van der Waals surface area contributed by atoms with Crippen molar-refractivity contribution in [2.75, 3.05) is 0 Å². The number of carbonyl (C=O) groups is 5. The van der Waals surface area contributed by atoms with E-state index in [0.29, 0.717) is 17.5 Å². The van der Waals surface area contributed by atoms with Crippen LogP contribution < -0.4 is 16.8 Å². The van der Waals surface area contributed by atoms with E-state index in [2.05, 4.69) is 5.32 Å². The summed E-state index contributed by atoms with van der Waals surface area (Å²) < 4.78 is 0. The Morgan fingerprint density at radius 1 is 0.818 bits per heavy atom. The second-order valence-electron chi connectivity index (χ2n) is 7.44. The van der Waals surface area contributed by atoms with Gasteiger partial charge in [-0.15, -0.1) is 0 Å². The molecule has 0 aliphatic heterocycles. The number of benzene rings is 2. The minimum atomic E-state index is -1.23. The molecule has 0 aliphatic rings. The molecule has 2 aromatic carbocycles. The van der Waals surface area contributed by atoms with Crippen LogP contribution in [0.4, 0.5) is 0 Å². The summed E-state index contributed by atoms with van der Waals surface area (Å²) in [5.74, 6) is -3.52. The molecule has 3 unspecified atom stereocenters. The second kappa shape index (κ2) is 11.7. The van der Waals surface area contributed by atoms with Gasteiger partial charge in [-0.05, 0) is 24.0 Å². The molecule has 0 bridgehead atoms. The number of aliphatic carboxylic acids is 2. The normalized spacial score (nSPS) is 13.4. The molecule has 7 N–H and O–H groups in total. The van der Waals surface area contributed by atoms with Gasteiger partial charge < -0.3 is 27.0 Å². The summed E-state index contributed by atoms with van der Waals surface area (Å²) in [6, 6.07) is 8.84. The molecule has 1 amide bonds. The van der Waals surface area contributed by atoms with Gasteiger partial charge >= 0.3 is 11.9 Å². The lowest BCUT2D eigenvalue weighted by Crippen LogP contribution is -2.39. The van der Waals surface area contributed by atoms with Crippen LogP contribution in [0.25, 0.3) is 0 Å². The summed E-state index contributed by atoms with van der Waals surface area (Å²) in [7, 11) is 0. The van der Waals surface area contributed by atoms with E-state index in [9.17, 15) is 24.0 Å². The maximum atomic E-state index is 13.2. The Morgan fingerprint density at radius 2 is 1.27 bits per heavy atom. The van der Waals surface area contributed by atoms with Crippen LogP contribution in [0.1, 0.15) is 38.3 Å². The Hall–Kier alpha value is -3.89. The predicted octanol–water partition coefficient (Wildman–Crippen LogP) is 0.166. The Kier molecular flexibility index (Phi) is 8.96. The summed E-state index contributed by atoms with van der Waals surface area (Å²) >= 11 is 0. The smallest absolute Gasteiger partial charge is 0.320 e. The fraction of sp³-hybridized carbons (Fsp3) is 0.261. The van der Waals surface area contributed by atoms with Crippen LogP contribution in [0, 0.1) is 0 Å². The first-order valence-electron chi connectivity index (χ1n) is 10.0. The number of nitrogens with two attached hydrogens (primary N) is 2. The summed E-state index contributed by atoms with van der Waals surface area (Å²) in [5, 5.41) is 20.5. The molecule has 0 heterocycles. The van der Waals surface area contributed by atoms with E-state index < -0.39 is 48.1 Å². The van der Waals surface area contributed by atoms with Crippen LogP contribution in [0.3, 0.4) is 0 Å². The zero-order valence-corrected chi connectivity index (χ0v) is 17.6. The lowest BCUT2D eigenvalue weighted by atomic mass is 9.90. The minimum Gasteiger partial charge on any atom is -0.480 e. The molecule has 0 spiro atoms. The number of nitrogens with one attached hydrogen (secondary N) is 1. The van der Waals surface area contributed by atoms with Gasteiger partial charge in [0, 0.05) is 17.5 Å². The van der Waals surface area contributed by atoms with Gasteiger partial charge in [0.2, 0.25) is 6.41 Å². The highest BCUT2D eigenvalue weighted by atomic mass is 16.4. The van der Waals surface area contributed by atoms with E-state index in [1.807, 2.05) is 0 Å². The first-order valence-corrected chi connectivity index (χ1v) is 10.0. The number of amides is 1. The monoisotopic (exact) mass is 455 g/mol. The van der Waals surface area contributed by atoms with Gasteiger partial charge in [-0.3, -0.25) is 24.0 Å². The molecular formula is C23H25N3O7. The third-order valence-electron chi connectivity index (χ3n) is 5.09. The molecule has 0 saturated heterocycles. The van der Waals surface area contributed by atoms with Gasteiger partial charge in [0.25, 0.3) is 0 Å².